The van der Waals surface area contributed by atoms with Gasteiger partial charge in [0.25, 0.3) is 0 Å². The molecule has 4 nitrogen and oxygen atoms in total. The summed E-state index contributed by atoms with van der Waals surface area (Å²) in [6.45, 7) is 3.88. The number of rotatable bonds is 6. The molecule has 0 fully saturated rings. The third kappa shape index (κ3) is 3.20. The first-order valence-electron chi connectivity index (χ1n) is 6.12. The second kappa shape index (κ2) is 6.35. The number of benzene rings is 1. The van der Waals surface area contributed by atoms with Gasteiger partial charge in [-0.15, -0.1) is 5.10 Å². The Bertz CT molecular complexity index is 469. The number of para-hydroxylation sites is 1. The van der Waals surface area contributed by atoms with Crippen molar-refractivity contribution < 1.29 is 0 Å². The van der Waals surface area contributed by atoms with Crippen molar-refractivity contribution in [1.29, 1.82) is 0 Å². The fourth-order valence-electron chi connectivity index (χ4n) is 1.68. The third-order valence-electron chi connectivity index (χ3n) is 2.68. The standard InChI is InChI=1S/C13H18N4S/c1-3-9-14-13-12(15-16-18-13)10-17(2)11-7-5-4-6-8-11/h4-8,14H,3,9-10H2,1-2H3. The van der Waals surface area contributed by atoms with Gasteiger partial charge in [-0.3, -0.25) is 0 Å². The minimum absolute atomic E-state index is 0.770. The second-order valence-electron chi connectivity index (χ2n) is 4.17. The highest BCUT2D eigenvalue weighted by Crippen LogP contribution is 2.21. The average molecular weight is 262 g/mol. The molecular formula is C13H18N4S. The van der Waals surface area contributed by atoms with Crippen LogP contribution in [-0.2, 0) is 6.54 Å². The van der Waals surface area contributed by atoms with E-state index in [9.17, 15) is 0 Å². The Kier molecular flexibility index (Phi) is 4.52. The van der Waals surface area contributed by atoms with Gasteiger partial charge in [-0.1, -0.05) is 29.6 Å². The predicted molar refractivity (Wildman–Crippen MR) is 77.2 cm³/mol. The molecular weight excluding hydrogens is 244 g/mol. The molecule has 0 radical (unpaired) electrons. The van der Waals surface area contributed by atoms with Gasteiger partial charge in [-0.2, -0.15) is 0 Å². The Balaban J connectivity index is 2.03. The van der Waals surface area contributed by atoms with Crippen molar-refractivity contribution in [3.8, 4) is 0 Å². The molecule has 0 amide bonds. The summed E-state index contributed by atoms with van der Waals surface area (Å²) in [5.41, 5.74) is 2.20. The predicted octanol–water partition coefficient (Wildman–Crippen LogP) is 3.00. The first-order chi connectivity index (χ1) is 8.81. The summed E-state index contributed by atoms with van der Waals surface area (Å²) in [6, 6.07) is 10.3. The number of anilines is 2. The summed E-state index contributed by atoms with van der Waals surface area (Å²) >= 11 is 1.43. The smallest absolute Gasteiger partial charge is 0.135 e. The molecule has 0 aliphatic heterocycles. The highest BCUT2D eigenvalue weighted by molar-refractivity contribution is 7.10. The molecule has 0 aliphatic carbocycles. The largest absolute Gasteiger partial charge is 0.374 e. The van der Waals surface area contributed by atoms with E-state index in [-0.39, 0.29) is 0 Å². The molecule has 1 aromatic heterocycles. The molecule has 2 rings (SSSR count). The Morgan fingerprint density at radius 2 is 2.06 bits per heavy atom. The quantitative estimate of drug-likeness (QED) is 0.869. The molecule has 1 heterocycles. The number of nitrogens with one attached hydrogen (secondary N) is 1. The molecule has 2 aromatic rings. The van der Waals surface area contributed by atoms with Gasteiger partial charge < -0.3 is 10.2 Å². The van der Waals surface area contributed by atoms with Gasteiger partial charge in [0.05, 0.1) is 6.54 Å². The molecule has 0 spiro atoms. The van der Waals surface area contributed by atoms with Crippen LogP contribution in [0, 0.1) is 0 Å². The van der Waals surface area contributed by atoms with E-state index in [1.165, 1.54) is 17.2 Å². The molecule has 0 atom stereocenters. The minimum atomic E-state index is 0.770. The highest BCUT2D eigenvalue weighted by atomic mass is 32.1. The Morgan fingerprint density at radius 3 is 2.78 bits per heavy atom. The lowest BCUT2D eigenvalue weighted by molar-refractivity contribution is 0.869. The zero-order chi connectivity index (χ0) is 12.8. The van der Waals surface area contributed by atoms with Crippen molar-refractivity contribution in [2.24, 2.45) is 0 Å². The number of hydrogen-bond donors (Lipinski definition) is 1. The lowest BCUT2D eigenvalue weighted by Gasteiger charge is -2.18. The van der Waals surface area contributed by atoms with E-state index in [0.717, 1.165) is 30.2 Å². The van der Waals surface area contributed by atoms with Gasteiger partial charge in [-0.25, -0.2) is 0 Å². The van der Waals surface area contributed by atoms with Crippen molar-refractivity contribution in [3.63, 3.8) is 0 Å². The van der Waals surface area contributed by atoms with E-state index >= 15 is 0 Å². The van der Waals surface area contributed by atoms with Crippen molar-refractivity contribution >= 4 is 22.2 Å². The monoisotopic (exact) mass is 262 g/mol. The summed E-state index contributed by atoms with van der Waals surface area (Å²) in [5, 5.41) is 8.65. The number of hydrogen-bond acceptors (Lipinski definition) is 5. The zero-order valence-electron chi connectivity index (χ0n) is 10.8. The summed E-state index contributed by atoms with van der Waals surface area (Å²) in [7, 11) is 2.07. The van der Waals surface area contributed by atoms with Crippen LogP contribution in [0.3, 0.4) is 0 Å². The lowest BCUT2D eigenvalue weighted by Crippen LogP contribution is -2.17. The first kappa shape index (κ1) is 12.8. The van der Waals surface area contributed by atoms with Crippen LogP contribution in [0.1, 0.15) is 19.0 Å². The van der Waals surface area contributed by atoms with Gasteiger partial charge >= 0.3 is 0 Å². The molecule has 0 saturated heterocycles. The van der Waals surface area contributed by atoms with Crippen molar-refractivity contribution in [2.75, 3.05) is 23.8 Å². The summed E-state index contributed by atoms with van der Waals surface area (Å²) in [4.78, 5) is 2.17. The fourth-order valence-corrected chi connectivity index (χ4v) is 2.28. The van der Waals surface area contributed by atoms with Gasteiger partial charge in [-0.05, 0) is 18.6 Å². The third-order valence-corrected chi connectivity index (χ3v) is 3.40. The van der Waals surface area contributed by atoms with E-state index in [1.54, 1.807) is 0 Å². The first-order valence-corrected chi connectivity index (χ1v) is 6.90. The topological polar surface area (TPSA) is 41.1 Å². The van der Waals surface area contributed by atoms with Crippen molar-refractivity contribution in [3.05, 3.63) is 36.0 Å². The second-order valence-corrected chi connectivity index (χ2v) is 4.92. The maximum absolute atomic E-state index is 4.20. The summed E-state index contributed by atoms with van der Waals surface area (Å²) < 4.78 is 4.02. The average Bonchev–Trinajstić information content (AvgIpc) is 2.84. The van der Waals surface area contributed by atoms with Crippen LogP contribution in [0.2, 0.25) is 0 Å². The Hall–Kier alpha value is -1.62. The summed E-state index contributed by atoms with van der Waals surface area (Å²) in [6.07, 6.45) is 1.10. The fraction of sp³-hybridized carbons (Fsp3) is 0.385. The maximum Gasteiger partial charge on any atom is 0.135 e. The van der Waals surface area contributed by atoms with Crippen LogP contribution >= 0.6 is 11.5 Å². The van der Waals surface area contributed by atoms with Gasteiger partial charge in [0.2, 0.25) is 0 Å². The number of aromatic nitrogens is 2. The lowest BCUT2D eigenvalue weighted by atomic mass is 10.3. The maximum atomic E-state index is 4.20. The molecule has 0 aliphatic rings. The normalized spacial score (nSPS) is 10.3. The van der Waals surface area contributed by atoms with Gasteiger partial charge in [0.1, 0.15) is 10.7 Å². The number of nitrogens with zero attached hydrogens (tertiary/aromatic N) is 3. The highest BCUT2D eigenvalue weighted by Gasteiger charge is 2.10. The van der Waals surface area contributed by atoms with Crippen LogP contribution in [0.15, 0.2) is 30.3 Å². The van der Waals surface area contributed by atoms with E-state index in [2.05, 4.69) is 45.9 Å². The molecule has 0 saturated carbocycles. The van der Waals surface area contributed by atoms with E-state index in [4.69, 9.17) is 0 Å². The summed E-state index contributed by atoms with van der Waals surface area (Å²) in [5.74, 6) is 0. The van der Waals surface area contributed by atoms with E-state index in [1.807, 2.05) is 18.2 Å². The molecule has 18 heavy (non-hydrogen) atoms. The van der Waals surface area contributed by atoms with E-state index in [0.29, 0.717) is 0 Å². The minimum Gasteiger partial charge on any atom is -0.374 e. The van der Waals surface area contributed by atoms with Gasteiger partial charge in [0.15, 0.2) is 0 Å². The van der Waals surface area contributed by atoms with Crippen LogP contribution in [0.5, 0.6) is 0 Å². The van der Waals surface area contributed by atoms with Crippen LogP contribution in [0.4, 0.5) is 10.7 Å². The van der Waals surface area contributed by atoms with Crippen molar-refractivity contribution in [1.82, 2.24) is 9.59 Å². The SMILES string of the molecule is CCCNc1snnc1CN(C)c1ccccc1. The van der Waals surface area contributed by atoms with Crippen LogP contribution in [-0.4, -0.2) is 23.2 Å². The van der Waals surface area contributed by atoms with Crippen LogP contribution in [0.25, 0.3) is 0 Å². The van der Waals surface area contributed by atoms with Crippen LogP contribution < -0.4 is 10.2 Å². The Morgan fingerprint density at radius 1 is 1.28 bits per heavy atom. The Labute approximate surface area is 112 Å². The molecule has 0 bridgehead atoms. The molecule has 0 unspecified atom stereocenters. The molecule has 96 valence electrons. The van der Waals surface area contributed by atoms with Crippen molar-refractivity contribution in [2.45, 2.75) is 19.9 Å². The molecule has 1 aromatic carbocycles. The molecule has 5 heteroatoms. The zero-order valence-corrected chi connectivity index (χ0v) is 11.6. The molecule has 1 N–H and O–H groups in total. The van der Waals surface area contributed by atoms with E-state index < -0.39 is 0 Å². The van der Waals surface area contributed by atoms with Gasteiger partial charge in [0, 0.05) is 30.8 Å².